The lowest BCUT2D eigenvalue weighted by Gasteiger charge is -2.34. The molecule has 0 amide bonds. The fraction of sp³-hybridized carbons (Fsp3) is 0.692. The average molecular weight is 288 g/mol. The number of carboxylic acid groups (broad SMARTS) is 1. The first-order valence-corrected chi connectivity index (χ1v) is 6.73. The van der Waals surface area contributed by atoms with Gasteiger partial charge in [0.05, 0.1) is 23.0 Å². The lowest BCUT2D eigenvalue weighted by molar-refractivity contribution is -0.140. The Morgan fingerprint density at radius 2 is 2.05 bits per heavy atom. The monoisotopic (exact) mass is 287 g/mol. The molecule has 1 N–H and O–H groups in total. The summed E-state index contributed by atoms with van der Waals surface area (Å²) in [6.07, 6.45) is 0. The zero-order chi connectivity index (χ0) is 14.8. The maximum absolute atomic E-state index is 11.0. The van der Waals surface area contributed by atoms with Gasteiger partial charge in [-0.2, -0.15) is 5.10 Å². The molecule has 0 unspecified atom stereocenters. The van der Waals surface area contributed by atoms with E-state index in [2.05, 4.69) is 5.10 Å². The highest BCUT2D eigenvalue weighted by molar-refractivity contribution is 6.31. The third kappa shape index (κ3) is 3.94. The van der Waals surface area contributed by atoms with E-state index in [1.807, 2.05) is 44.2 Å². The summed E-state index contributed by atoms with van der Waals surface area (Å²) in [4.78, 5) is 12.9. The summed E-state index contributed by atoms with van der Waals surface area (Å²) in [7, 11) is 0. The Bertz CT molecular complexity index is 463. The summed E-state index contributed by atoms with van der Waals surface area (Å²) in [6, 6.07) is 0. The second-order valence-electron chi connectivity index (χ2n) is 5.58. The van der Waals surface area contributed by atoms with E-state index in [9.17, 15) is 4.79 Å². The molecule has 1 rings (SSSR count). The highest BCUT2D eigenvalue weighted by atomic mass is 35.5. The van der Waals surface area contributed by atoms with Crippen molar-refractivity contribution < 1.29 is 9.90 Å². The van der Waals surface area contributed by atoms with Crippen molar-refractivity contribution in [1.29, 1.82) is 0 Å². The van der Waals surface area contributed by atoms with Crippen molar-refractivity contribution >= 4 is 17.6 Å². The molecular formula is C13H22ClN3O2. The van der Waals surface area contributed by atoms with Crippen molar-refractivity contribution in [3.05, 3.63) is 16.4 Å². The number of hydrogen-bond acceptors (Lipinski definition) is 3. The van der Waals surface area contributed by atoms with Crippen molar-refractivity contribution in [1.82, 2.24) is 14.7 Å². The van der Waals surface area contributed by atoms with Crippen LogP contribution in [0, 0.1) is 6.92 Å². The van der Waals surface area contributed by atoms with Crippen LogP contribution < -0.4 is 0 Å². The molecule has 0 aromatic carbocycles. The molecule has 0 atom stereocenters. The van der Waals surface area contributed by atoms with Crippen LogP contribution in [0.3, 0.4) is 0 Å². The molecule has 0 aliphatic rings. The largest absolute Gasteiger partial charge is 0.480 e. The molecule has 1 aromatic rings. The molecule has 6 heteroatoms. The van der Waals surface area contributed by atoms with E-state index in [-0.39, 0.29) is 12.1 Å². The number of aliphatic carboxylic acids is 1. The molecule has 0 radical (unpaired) electrons. The van der Waals surface area contributed by atoms with Gasteiger partial charge >= 0.3 is 5.97 Å². The maximum atomic E-state index is 11.0. The highest BCUT2D eigenvalue weighted by Crippen LogP contribution is 2.24. The topological polar surface area (TPSA) is 58.4 Å². The fourth-order valence-electron chi connectivity index (χ4n) is 1.89. The molecular weight excluding hydrogens is 266 g/mol. The third-order valence-corrected chi connectivity index (χ3v) is 3.56. The van der Waals surface area contributed by atoms with Crippen LogP contribution >= 0.6 is 11.6 Å². The number of hydrogen-bond donors (Lipinski definition) is 1. The van der Waals surface area contributed by atoms with Gasteiger partial charge < -0.3 is 5.11 Å². The second kappa shape index (κ2) is 5.92. The Kier molecular flexibility index (Phi) is 4.98. The third-order valence-electron chi connectivity index (χ3n) is 3.07. The SMILES string of the molecule is CCn1nc(C)c(Cl)c1CN(CC(=O)O)C(C)(C)C. The van der Waals surface area contributed by atoms with Crippen LogP contribution in [0.2, 0.25) is 5.02 Å². The van der Waals surface area contributed by atoms with E-state index in [1.54, 1.807) is 0 Å². The van der Waals surface area contributed by atoms with Crippen molar-refractivity contribution in [2.45, 2.75) is 53.2 Å². The van der Waals surface area contributed by atoms with Crippen molar-refractivity contribution in [2.75, 3.05) is 6.54 Å². The minimum atomic E-state index is -0.842. The molecule has 19 heavy (non-hydrogen) atoms. The van der Waals surface area contributed by atoms with Gasteiger partial charge in [0.1, 0.15) is 0 Å². The zero-order valence-electron chi connectivity index (χ0n) is 12.2. The summed E-state index contributed by atoms with van der Waals surface area (Å²) in [5, 5.41) is 14.0. The smallest absolute Gasteiger partial charge is 0.317 e. The Labute approximate surface area is 119 Å². The number of aryl methyl sites for hydroxylation is 2. The van der Waals surface area contributed by atoms with E-state index in [4.69, 9.17) is 16.7 Å². The van der Waals surface area contributed by atoms with Gasteiger partial charge in [0.25, 0.3) is 0 Å². The van der Waals surface area contributed by atoms with E-state index in [0.717, 1.165) is 11.4 Å². The molecule has 1 aromatic heterocycles. The van der Waals surface area contributed by atoms with Gasteiger partial charge in [-0.15, -0.1) is 0 Å². The molecule has 0 bridgehead atoms. The van der Waals surface area contributed by atoms with Crippen LogP contribution in [0.4, 0.5) is 0 Å². The van der Waals surface area contributed by atoms with Gasteiger partial charge in [-0.05, 0) is 34.6 Å². The number of carbonyl (C=O) groups is 1. The standard InChI is InChI=1S/C13H22ClN3O2/c1-6-17-10(12(14)9(2)15-17)7-16(8-11(18)19)13(3,4)5/h6-8H2,1-5H3,(H,18,19). The summed E-state index contributed by atoms with van der Waals surface area (Å²) in [6.45, 7) is 11.0. The van der Waals surface area contributed by atoms with Crippen LogP contribution in [0.25, 0.3) is 0 Å². The predicted octanol–water partition coefficient (Wildman–Crippen LogP) is 2.55. The van der Waals surface area contributed by atoms with E-state index >= 15 is 0 Å². The van der Waals surface area contributed by atoms with E-state index < -0.39 is 5.97 Å². The van der Waals surface area contributed by atoms with E-state index in [0.29, 0.717) is 18.1 Å². The molecule has 1 heterocycles. The molecule has 0 saturated heterocycles. The Morgan fingerprint density at radius 1 is 1.47 bits per heavy atom. The Morgan fingerprint density at radius 3 is 2.47 bits per heavy atom. The second-order valence-corrected chi connectivity index (χ2v) is 5.96. The Balaban J connectivity index is 3.06. The summed E-state index contributed by atoms with van der Waals surface area (Å²) >= 11 is 6.27. The normalized spacial score (nSPS) is 12.2. The van der Waals surface area contributed by atoms with Gasteiger partial charge in [0, 0.05) is 18.6 Å². The van der Waals surface area contributed by atoms with Crippen molar-refractivity contribution in [2.24, 2.45) is 0 Å². The van der Waals surface area contributed by atoms with Crippen LogP contribution in [-0.2, 0) is 17.9 Å². The number of carboxylic acids is 1. The highest BCUT2D eigenvalue weighted by Gasteiger charge is 2.26. The molecule has 0 fully saturated rings. The van der Waals surface area contributed by atoms with Crippen LogP contribution in [0.1, 0.15) is 39.1 Å². The number of halogens is 1. The maximum Gasteiger partial charge on any atom is 0.317 e. The van der Waals surface area contributed by atoms with Crippen LogP contribution in [-0.4, -0.2) is 37.8 Å². The first kappa shape index (κ1) is 16.0. The van der Waals surface area contributed by atoms with Crippen molar-refractivity contribution in [3.8, 4) is 0 Å². The summed E-state index contributed by atoms with van der Waals surface area (Å²) in [5.74, 6) is -0.842. The average Bonchev–Trinajstić information content (AvgIpc) is 2.53. The number of aromatic nitrogens is 2. The van der Waals surface area contributed by atoms with Gasteiger partial charge in [0.2, 0.25) is 0 Å². The van der Waals surface area contributed by atoms with Crippen LogP contribution in [0.15, 0.2) is 0 Å². The van der Waals surface area contributed by atoms with Gasteiger partial charge in [-0.3, -0.25) is 14.4 Å². The zero-order valence-corrected chi connectivity index (χ0v) is 13.0. The lowest BCUT2D eigenvalue weighted by Crippen LogP contribution is -2.44. The van der Waals surface area contributed by atoms with Crippen LogP contribution in [0.5, 0.6) is 0 Å². The molecule has 0 saturated carbocycles. The molecule has 0 spiro atoms. The fourth-order valence-corrected chi connectivity index (χ4v) is 2.09. The quantitative estimate of drug-likeness (QED) is 0.904. The van der Waals surface area contributed by atoms with Gasteiger partial charge in [-0.1, -0.05) is 11.6 Å². The minimum Gasteiger partial charge on any atom is -0.480 e. The van der Waals surface area contributed by atoms with Crippen molar-refractivity contribution in [3.63, 3.8) is 0 Å². The molecule has 0 aliphatic heterocycles. The van der Waals surface area contributed by atoms with Gasteiger partial charge in [-0.25, -0.2) is 0 Å². The first-order chi connectivity index (χ1) is 8.66. The summed E-state index contributed by atoms with van der Waals surface area (Å²) < 4.78 is 1.83. The molecule has 5 nitrogen and oxygen atoms in total. The predicted molar refractivity (Wildman–Crippen MR) is 75.4 cm³/mol. The first-order valence-electron chi connectivity index (χ1n) is 6.35. The molecule has 0 aliphatic carbocycles. The molecule has 108 valence electrons. The minimum absolute atomic E-state index is 0.0201. The summed E-state index contributed by atoms with van der Waals surface area (Å²) in [5.41, 5.74) is 1.40. The lowest BCUT2D eigenvalue weighted by atomic mass is 10.1. The Hall–Kier alpha value is -1.07. The number of nitrogens with zero attached hydrogens (tertiary/aromatic N) is 3. The van der Waals surface area contributed by atoms with Gasteiger partial charge in [0.15, 0.2) is 0 Å². The van der Waals surface area contributed by atoms with E-state index in [1.165, 1.54) is 0 Å². The number of rotatable bonds is 5.